The number of carboxylic acid groups (broad SMARTS) is 1. The van der Waals surface area contributed by atoms with Gasteiger partial charge >= 0.3 is 12.1 Å². The molecule has 0 aliphatic heterocycles. The Hall–Kier alpha value is -2.03. The van der Waals surface area contributed by atoms with E-state index < -0.39 is 12.1 Å². The first-order valence-corrected chi connectivity index (χ1v) is 6.44. The number of H-pyrrole nitrogens is 1. The lowest BCUT2D eigenvalue weighted by molar-refractivity contribution is -0.372. The van der Waals surface area contributed by atoms with E-state index >= 15 is 0 Å². The van der Waals surface area contributed by atoms with Gasteiger partial charge in [-0.2, -0.15) is 13.2 Å². The minimum absolute atomic E-state index is 0.249. The van der Waals surface area contributed by atoms with Gasteiger partial charge in [0.15, 0.2) is 0 Å². The Labute approximate surface area is 125 Å². The van der Waals surface area contributed by atoms with Crippen molar-refractivity contribution in [2.24, 2.45) is 0 Å². The number of hydrogen-bond acceptors (Lipinski definition) is 4. The molecule has 1 heterocycles. The van der Waals surface area contributed by atoms with E-state index in [0.717, 1.165) is 11.3 Å². The highest BCUT2D eigenvalue weighted by atomic mass is 19.4. The number of aromatic amines is 1. The van der Waals surface area contributed by atoms with Gasteiger partial charge in [0, 0.05) is 11.9 Å². The number of rotatable bonds is 4. The summed E-state index contributed by atoms with van der Waals surface area (Å²) in [4.78, 5) is 23.6. The van der Waals surface area contributed by atoms with Gasteiger partial charge in [0.25, 0.3) is 0 Å². The SMILES string of the molecule is Cc1c[nH]c(C(C)C)c1C(=O)OCC[NH3+].O=C([O-])C(F)(F)F. The Bertz CT molecular complexity index is 510. The van der Waals surface area contributed by atoms with Gasteiger partial charge in [0.05, 0.1) is 5.56 Å². The summed E-state index contributed by atoms with van der Waals surface area (Å²) in [5.41, 5.74) is 6.20. The largest absolute Gasteiger partial charge is 0.542 e. The molecule has 0 spiro atoms. The molecule has 0 radical (unpaired) electrons. The van der Waals surface area contributed by atoms with Crippen molar-refractivity contribution in [1.82, 2.24) is 4.98 Å². The Kier molecular flexibility index (Phi) is 7.64. The second-order valence-corrected chi connectivity index (χ2v) is 4.69. The van der Waals surface area contributed by atoms with Crippen molar-refractivity contribution in [2.45, 2.75) is 32.9 Å². The number of aryl methyl sites for hydroxylation is 1. The molecule has 1 aromatic rings. The number of nitrogens with one attached hydrogen (secondary N) is 1. The van der Waals surface area contributed by atoms with Crippen LogP contribution >= 0.6 is 0 Å². The molecule has 0 saturated carbocycles. The summed E-state index contributed by atoms with van der Waals surface area (Å²) in [6, 6.07) is 0. The molecule has 0 saturated heterocycles. The summed E-state index contributed by atoms with van der Waals surface area (Å²) in [6.45, 7) is 6.98. The van der Waals surface area contributed by atoms with E-state index in [1.54, 1.807) is 0 Å². The van der Waals surface area contributed by atoms with Gasteiger partial charge in [0.2, 0.25) is 0 Å². The quantitative estimate of drug-likeness (QED) is 0.768. The number of ether oxygens (including phenoxy) is 1. The van der Waals surface area contributed by atoms with Crippen molar-refractivity contribution >= 4 is 11.9 Å². The van der Waals surface area contributed by atoms with Crippen LogP contribution in [-0.2, 0) is 9.53 Å². The molecular weight excluding hydrogens is 305 g/mol. The Balaban J connectivity index is 0.000000534. The molecule has 9 heteroatoms. The highest BCUT2D eigenvalue weighted by Gasteiger charge is 2.28. The summed E-state index contributed by atoms with van der Waals surface area (Å²) in [6.07, 6.45) is -3.35. The molecule has 1 rings (SSSR count). The summed E-state index contributed by atoms with van der Waals surface area (Å²) in [7, 11) is 0. The molecule has 0 aromatic carbocycles. The fraction of sp³-hybridized carbons (Fsp3) is 0.538. The van der Waals surface area contributed by atoms with E-state index in [2.05, 4.69) is 10.7 Å². The first-order valence-electron chi connectivity index (χ1n) is 6.44. The predicted octanol–water partition coefficient (Wildman–Crippen LogP) is 0.144. The topological polar surface area (TPSA) is 110 Å². The third-order valence-corrected chi connectivity index (χ3v) is 2.50. The van der Waals surface area contributed by atoms with E-state index in [4.69, 9.17) is 14.6 Å². The number of quaternary nitrogens is 1. The van der Waals surface area contributed by atoms with E-state index in [9.17, 15) is 18.0 Å². The van der Waals surface area contributed by atoms with E-state index in [1.165, 1.54) is 0 Å². The van der Waals surface area contributed by atoms with Gasteiger partial charge in [-0.3, -0.25) is 0 Å². The first kappa shape index (κ1) is 20.0. The number of halogens is 3. The van der Waals surface area contributed by atoms with Gasteiger partial charge < -0.3 is 25.4 Å². The fourth-order valence-electron chi connectivity index (χ4n) is 1.51. The summed E-state index contributed by atoms with van der Waals surface area (Å²) < 4.78 is 36.6. The van der Waals surface area contributed by atoms with Crippen LogP contribution in [0.5, 0.6) is 0 Å². The third-order valence-electron chi connectivity index (χ3n) is 2.50. The summed E-state index contributed by atoms with van der Waals surface area (Å²) in [5, 5.41) is 8.78. The zero-order valence-electron chi connectivity index (χ0n) is 12.5. The summed E-state index contributed by atoms with van der Waals surface area (Å²) in [5.74, 6) is -2.96. The monoisotopic (exact) mass is 324 g/mol. The van der Waals surface area contributed by atoms with Crippen LogP contribution < -0.4 is 10.8 Å². The second-order valence-electron chi connectivity index (χ2n) is 4.69. The number of carboxylic acids is 1. The van der Waals surface area contributed by atoms with Crippen LogP contribution in [0, 0.1) is 6.92 Å². The molecule has 0 unspecified atom stereocenters. The average Bonchev–Trinajstić information content (AvgIpc) is 2.77. The van der Waals surface area contributed by atoms with Gasteiger partial charge in [0.1, 0.15) is 19.1 Å². The van der Waals surface area contributed by atoms with Crippen molar-refractivity contribution in [2.75, 3.05) is 13.2 Å². The third kappa shape index (κ3) is 6.17. The smallest absolute Gasteiger partial charge is 0.430 e. The van der Waals surface area contributed by atoms with Crippen LogP contribution in [0.25, 0.3) is 0 Å². The van der Waals surface area contributed by atoms with Crippen molar-refractivity contribution in [1.29, 1.82) is 0 Å². The van der Waals surface area contributed by atoms with Gasteiger partial charge in [-0.15, -0.1) is 0 Å². The molecule has 0 bridgehead atoms. The van der Waals surface area contributed by atoms with Crippen LogP contribution in [0.1, 0.15) is 41.4 Å². The highest BCUT2D eigenvalue weighted by Crippen LogP contribution is 2.22. The maximum atomic E-state index is 11.7. The minimum Gasteiger partial charge on any atom is -0.542 e. The lowest BCUT2D eigenvalue weighted by Gasteiger charge is -2.07. The number of aromatic nitrogens is 1. The minimum atomic E-state index is -5.19. The van der Waals surface area contributed by atoms with Crippen molar-refractivity contribution in [3.05, 3.63) is 23.0 Å². The normalized spacial score (nSPS) is 10.9. The molecule has 126 valence electrons. The van der Waals surface area contributed by atoms with E-state index in [0.29, 0.717) is 24.6 Å². The van der Waals surface area contributed by atoms with Crippen molar-refractivity contribution in [3.63, 3.8) is 0 Å². The molecule has 22 heavy (non-hydrogen) atoms. The van der Waals surface area contributed by atoms with E-state index in [1.807, 2.05) is 27.0 Å². The fourth-order valence-corrected chi connectivity index (χ4v) is 1.51. The van der Waals surface area contributed by atoms with Gasteiger partial charge in [-0.25, -0.2) is 4.79 Å². The summed E-state index contributed by atoms with van der Waals surface area (Å²) >= 11 is 0. The predicted molar refractivity (Wildman–Crippen MR) is 68.7 cm³/mol. The van der Waals surface area contributed by atoms with Crippen molar-refractivity contribution in [3.8, 4) is 0 Å². The zero-order chi connectivity index (χ0) is 17.5. The molecule has 0 aliphatic carbocycles. The molecule has 0 fully saturated rings. The van der Waals surface area contributed by atoms with Crippen LogP contribution in [0.4, 0.5) is 13.2 Å². The number of alkyl halides is 3. The number of carbonyl (C=O) groups is 2. The lowest BCUT2D eigenvalue weighted by atomic mass is 10.0. The van der Waals surface area contributed by atoms with Crippen LogP contribution in [0.2, 0.25) is 0 Å². The number of hydrogen-bond donors (Lipinski definition) is 2. The standard InChI is InChI=1S/C11H18N2O2.C2HF3O2/c1-7(2)10-9(8(3)6-13-10)11(14)15-5-4-12;3-2(4,5)1(6)7/h6-7,13H,4-5,12H2,1-3H3;(H,6,7). The van der Waals surface area contributed by atoms with Gasteiger partial charge in [-0.1, -0.05) is 13.8 Å². The molecular formula is C13H19F3N2O4. The Morgan fingerprint density at radius 3 is 2.27 bits per heavy atom. The molecule has 6 nitrogen and oxygen atoms in total. The van der Waals surface area contributed by atoms with Crippen LogP contribution in [-0.4, -0.2) is 36.3 Å². The lowest BCUT2D eigenvalue weighted by Crippen LogP contribution is -2.52. The second kappa shape index (κ2) is 8.42. The molecule has 0 amide bonds. The molecule has 0 atom stereocenters. The Morgan fingerprint density at radius 2 is 1.91 bits per heavy atom. The maximum Gasteiger partial charge on any atom is 0.430 e. The van der Waals surface area contributed by atoms with E-state index in [-0.39, 0.29) is 5.97 Å². The first-order chi connectivity index (χ1) is 10.0. The zero-order valence-corrected chi connectivity index (χ0v) is 12.5. The van der Waals surface area contributed by atoms with Crippen molar-refractivity contribution < 1.29 is 38.3 Å². The molecule has 4 N–H and O–H groups in total. The highest BCUT2D eigenvalue weighted by molar-refractivity contribution is 5.92. The molecule has 0 aliphatic rings. The van der Waals surface area contributed by atoms with Crippen LogP contribution in [0.3, 0.4) is 0 Å². The van der Waals surface area contributed by atoms with Gasteiger partial charge in [-0.05, 0) is 18.4 Å². The molecule has 1 aromatic heterocycles. The number of carbonyl (C=O) groups excluding carboxylic acids is 2. The number of aliphatic carboxylic acids is 1. The maximum absolute atomic E-state index is 11.7. The van der Waals surface area contributed by atoms with Crippen LogP contribution in [0.15, 0.2) is 6.20 Å². The Morgan fingerprint density at radius 1 is 1.41 bits per heavy atom. The number of esters is 1. The average molecular weight is 324 g/mol.